The molecule has 2 fully saturated rings. The molecule has 2 aliphatic rings. The van der Waals surface area contributed by atoms with Crippen LogP contribution >= 0.6 is 0 Å². The van der Waals surface area contributed by atoms with Crippen molar-refractivity contribution < 1.29 is 19.1 Å². The van der Waals surface area contributed by atoms with Gasteiger partial charge in [-0.1, -0.05) is 36.4 Å². The van der Waals surface area contributed by atoms with E-state index in [0.29, 0.717) is 82.4 Å². The Balaban J connectivity index is 1.24. The van der Waals surface area contributed by atoms with Gasteiger partial charge in [-0.15, -0.1) is 0 Å². The lowest BCUT2D eigenvalue weighted by molar-refractivity contribution is -0.143. The molecule has 44 heavy (non-hydrogen) atoms. The SMILES string of the molecule is CC(=O)NCCN(c1cccc(C(=O)N2CCC(C(=O)N3CCOCC3)(c3ccccc3)CC2)c1)c1ncnc2[nH]ccc12. The minimum absolute atomic E-state index is 0.0800. The molecule has 2 N–H and O–H groups in total. The Morgan fingerprint density at radius 1 is 0.955 bits per heavy atom. The van der Waals surface area contributed by atoms with Gasteiger partial charge in [-0.3, -0.25) is 14.4 Å². The summed E-state index contributed by atoms with van der Waals surface area (Å²) < 4.78 is 5.50. The van der Waals surface area contributed by atoms with Crippen molar-refractivity contribution >= 4 is 40.3 Å². The molecule has 11 nitrogen and oxygen atoms in total. The Kier molecular flexibility index (Phi) is 8.56. The third-order valence-corrected chi connectivity index (χ3v) is 8.64. The first-order valence-corrected chi connectivity index (χ1v) is 15.1. The highest BCUT2D eigenvalue weighted by molar-refractivity contribution is 5.97. The number of ether oxygens (including phenoxy) is 1. The third kappa shape index (κ3) is 5.87. The second-order valence-electron chi connectivity index (χ2n) is 11.3. The first-order valence-electron chi connectivity index (χ1n) is 15.1. The highest BCUT2D eigenvalue weighted by Gasteiger charge is 2.46. The number of piperidine rings is 1. The van der Waals surface area contributed by atoms with E-state index in [1.165, 1.54) is 13.3 Å². The number of hydrogen-bond donors (Lipinski definition) is 2. The number of carbonyl (C=O) groups is 3. The molecule has 0 saturated carbocycles. The number of likely N-dealkylation sites (tertiary alicyclic amines) is 1. The molecule has 228 valence electrons. The highest BCUT2D eigenvalue weighted by Crippen LogP contribution is 2.38. The van der Waals surface area contributed by atoms with Gasteiger partial charge in [0.25, 0.3) is 5.91 Å². The average molecular weight is 596 g/mol. The number of carbonyl (C=O) groups excluding carboxylic acids is 3. The van der Waals surface area contributed by atoms with Crippen LogP contribution in [0.15, 0.2) is 73.2 Å². The number of aromatic nitrogens is 3. The van der Waals surface area contributed by atoms with Crippen molar-refractivity contribution in [1.82, 2.24) is 30.1 Å². The van der Waals surface area contributed by atoms with Gasteiger partial charge in [0, 0.05) is 63.6 Å². The molecule has 0 bridgehead atoms. The van der Waals surface area contributed by atoms with Crippen molar-refractivity contribution in [3.8, 4) is 0 Å². The molecule has 4 aromatic rings. The number of hydrogen-bond acceptors (Lipinski definition) is 7. The second kappa shape index (κ2) is 12.8. The minimum atomic E-state index is -0.674. The van der Waals surface area contributed by atoms with Crippen LogP contribution in [-0.4, -0.2) is 95.0 Å². The lowest BCUT2D eigenvalue weighted by Gasteiger charge is -2.44. The van der Waals surface area contributed by atoms with Gasteiger partial charge >= 0.3 is 0 Å². The van der Waals surface area contributed by atoms with Gasteiger partial charge in [0.1, 0.15) is 17.8 Å². The fraction of sp³-hybridized carbons (Fsp3) is 0.364. The predicted molar refractivity (Wildman–Crippen MR) is 167 cm³/mol. The van der Waals surface area contributed by atoms with Crippen molar-refractivity contribution in [2.45, 2.75) is 25.2 Å². The zero-order chi connectivity index (χ0) is 30.5. The number of morpholine rings is 1. The summed E-state index contributed by atoms with van der Waals surface area (Å²) in [5, 5.41) is 3.69. The van der Waals surface area contributed by atoms with E-state index in [9.17, 15) is 14.4 Å². The summed E-state index contributed by atoms with van der Waals surface area (Å²) >= 11 is 0. The normalized spacial score (nSPS) is 16.5. The van der Waals surface area contributed by atoms with Gasteiger partial charge in [-0.25, -0.2) is 9.97 Å². The van der Waals surface area contributed by atoms with Crippen molar-refractivity contribution in [3.05, 3.63) is 84.3 Å². The van der Waals surface area contributed by atoms with Crippen LogP contribution in [0, 0.1) is 0 Å². The third-order valence-electron chi connectivity index (χ3n) is 8.64. The van der Waals surface area contributed by atoms with Crippen molar-refractivity contribution in [1.29, 1.82) is 0 Å². The van der Waals surface area contributed by atoms with Gasteiger partial charge in [0.2, 0.25) is 11.8 Å². The van der Waals surface area contributed by atoms with E-state index in [1.54, 1.807) is 0 Å². The zero-order valence-corrected chi connectivity index (χ0v) is 24.9. The topological polar surface area (TPSA) is 124 Å². The van der Waals surface area contributed by atoms with Crippen molar-refractivity contribution in [2.24, 2.45) is 0 Å². The maximum Gasteiger partial charge on any atom is 0.253 e. The number of nitrogens with one attached hydrogen (secondary N) is 2. The molecule has 2 aromatic heterocycles. The Morgan fingerprint density at radius 3 is 2.48 bits per heavy atom. The Morgan fingerprint density at radius 2 is 1.73 bits per heavy atom. The van der Waals surface area contributed by atoms with Crippen molar-refractivity contribution in [3.63, 3.8) is 0 Å². The first-order chi connectivity index (χ1) is 21.5. The predicted octanol–water partition coefficient (Wildman–Crippen LogP) is 3.26. The van der Waals surface area contributed by atoms with Crippen LogP contribution in [0.4, 0.5) is 11.5 Å². The molecule has 6 rings (SSSR count). The Bertz CT molecular complexity index is 1630. The zero-order valence-electron chi connectivity index (χ0n) is 24.9. The molecule has 3 amide bonds. The first kappa shape index (κ1) is 29.3. The summed E-state index contributed by atoms with van der Waals surface area (Å²) in [6, 6.07) is 19.4. The summed E-state index contributed by atoms with van der Waals surface area (Å²) in [7, 11) is 0. The van der Waals surface area contributed by atoms with Crippen LogP contribution in [0.1, 0.15) is 35.7 Å². The summed E-state index contributed by atoms with van der Waals surface area (Å²) in [5.74, 6) is 0.603. The van der Waals surface area contributed by atoms with E-state index in [0.717, 1.165) is 16.6 Å². The number of fused-ring (bicyclic) bond motifs is 1. The number of H-pyrrole nitrogens is 1. The van der Waals surface area contributed by atoms with Gasteiger partial charge in [0.15, 0.2) is 0 Å². The van der Waals surface area contributed by atoms with E-state index in [2.05, 4.69) is 20.3 Å². The maximum absolute atomic E-state index is 14.0. The summed E-state index contributed by atoms with van der Waals surface area (Å²) in [6.07, 6.45) is 4.41. The molecule has 0 spiro atoms. The summed E-state index contributed by atoms with van der Waals surface area (Å²) in [6.45, 7) is 5.53. The van der Waals surface area contributed by atoms with Crippen molar-refractivity contribution in [2.75, 3.05) is 57.4 Å². The van der Waals surface area contributed by atoms with Gasteiger partial charge in [-0.2, -0.15) is 0 Å². The largest absolute Gasteiger partial charge is 0.378 e. The van der Waals surface area contributed by atoms with Gasteiger partial charge in [0.05, 0.1) is 24.0 Å². The van der Waals surface area contributed by atoms with Crippen LogP contribution in [0.25, 0.3) is 11.0 Å². The van der Waals surface area contributed by atoms with Crippen LogP contribution in [0.2, 0.25) is 0 Å². The van der Waals surface area contributed by atoms with Gasteiger partial charge in [-0.05, 0) is 42.7 Å². The van der Waals surface area contributed by atoms with E-state index in [4.69, 9.17) is 4.74 Å². The molecule has 2 saturated heterocycles. The summed E-state index contributed by atoms with van der Waals surface area (Å²) in [5.41, 5.74) is 2.36. The Labute approximate surface area is 256 Å². The van der Waals surface area contributed by atoms with E-state index in [1.807, 2.05) is 81.6 Å². The molecule has 11 heteroatoms. The quantitative estimate of drug-likeness (QED) is 0.321. The molecule has 4 heterocycles. The number of nitrogens with zero attached hydrogens (tertiary/aromatic N) is 5. The van der Waals surface area contributed by atoms with Crippen LogP contribution in [0.5, 0.6) is 0 Å². The van der Waals surface area contributed by atoms with Crippen LogP contribution in [-0.2, 0) is 19.7 Å². The number of aromatic amines is 1. The number of rotatable bonds is 8. The fourth-order valence-corrected chi connectivity index (χ4v) is 6.31. The van der Waals surface area contributed by atoms with Gasteiger partial charge < -0.3 is 29.7 Å². The second-order valence-corrected chi connectivity index (χ2v) is 11.3. The molecule has 2 aromatic carbocycles. The number of benzene rings is 2. The van der Waals surface area contributed by atoms with Crippen LogP contribution in [0.3, 0.4) is 0 Å². The van der Waals surface area contributed by atoms with E-state index in [-0.39, 0.29) is 17.7 Å². The van der Waals surface area contributed by atoms with E-state index < -0.39 is 5.41 Å². The Hall–Kier alpha value is -4.77. The number of anilines is 2. The van der Waals surface area contributed by atoms with E-state index >= 15 is 0 Å². The molecule has 0 unspecified atom stereocenters. The molecule has 0 atom stereocenters. The molecule has 2 aliphatic heterocycles. The standard InChI is InChI=1S/C33H37N7O4/c1-24(41)34-14-17-40(30-28-10-13-35-29(28)36-23-37-30)27-9-5-6-25(22-27)31(42)38-15-11-33(12-16-38,26-7-3-2-4-8-26)32(43)39-18-20-44-21-19-39/h2-10,13,22-23H,11-12,14-21H2,1H3,(H,34,41)(H,35,36,37). The molecular formula is C33H37N7O4. The maximum atomic E-state index is 14.0. The number of amides is 3. The molecular weight excluding hydrogens is 558 g/mol. The lowest BCUT2D eigenvalue weighted by Crippen LogP contribution is -2.55. The highest BCUT2D eigenvalue weighted by atomic mass is 16.5. The molecule has 0 radical (unpaired) electrons. The summed E-state index contributed by atoms with van der Waals surface area (Å²) in [4.78, 5) is 57.3. The van der Waals surface area contributed by atoms with Crippen LogP contribution < -0.4 is 10.2 Å². The lowest BCUT2D eigenvalue weighted by atomic mass is 9.71. The average Bonchev–Trinajstić information content (AvgIpc) is 3.56. The fourth-order valence-electron chi connectivity index (χ4n) is 6.31. The smallest absolute Gasteiger partial charge is 0.253 e. The molecule has 0 aliphatic carbocycles. The monoisotopic (exact) mass is 595 g/mol. The minimum Gasteiger partial charge on any atom is -0.378 e.